The van der Waals surface area contributed by atoms with E-state index in [4.69, 9.17) is 11.6 Å². The van der Waals surface area contributed by atoms with Gasteiger partial charge in [-0.1, -0.05) is 18.5 Å². The number of hydrogen-bond acceptors (Lipinski definition) is 3. The summed E-state index contributed by atoms with van der Waals surface area (Å²) in [4.78, 5) is 8.93. The highest BCUT2D eigenvalue weighted by molar-refractivity contribution is 6.30. The molecule has 1 aromatic heterocycles. The molecule has 102 valence electrons. The zero-order valence-electron chi connectivity index (χ0n) is 10.4. The quantitative estimate of drug-likeness (QED) is 0.791. The van der Waals surface area contributed by atoms with Gasteiger partial charge in [-0.25, -0.2) is 9.97 Å². The van der Waals surface area contributed by atoms with E-state index in [1.165, 1.54) is 11.2 Å². The fourth-order valence-electron chi connectivity index (χ4n) is 1.63. The van der Waals surface area contributed by atoms with Gasteiger partial charge in [-0.3, -0.25) is 0 Å². The Morgan fingerprint density at radius 2 is 1.94 bits per heavy atom. The zero-order chi connectivity index (χ0) is 13.9. The van der Waals surface area contributed by atoms with E-state index in [1.54, 1.807) is 20.8 Å². The highest BCUT2D eigenvalue weighted by atomic mass is 35.5. The summed E-state index contributed by atoms with van der Waals surface area (Å²) in [6, 6.07) is -0.331. The van der Waals surface area contributed by atoms with Crippen molar-refractivity contribution in [1.29, 1.82) is 0 Å². The van der Waals surface area contributed by atoms with Crippen LogP contribution < -0.4 is 4.90 Å². The molecular formula is C11H15ClF3N3. The van der Waals surface area contributed by atoms with Crippen LogP contribution >= 0.6 is 11.6 Å². The van der Waals surface area contributed by atoms with Gasteiger partial charge in [0.15, 0.2) is 0 Å². The molecule has 3 nitrogen and oxygen atoms in total. The Labute approximate surface area is 109 Å². The Bertz CT molecular complexity index is 407. The lowest BCUT2D eigenvalue weighted by Gasteiger charge is -2.30. The van der Waals surface area contributed by atoms with Gasteiger partial charge in [-0.2, -0.15) is 13.2 Å². The summed E-state index contributed by atoms with van der Waals surface area (Å²) < 4.78 is 37.7. The molecule has 0 saturated carbocycles. The van der Waals surface area contributed by atoms with E-state index in [9.17, 15) is 13.2 Å². The molecule has 1 aromatic rings. The average molecular weight is 282 g/mol. The first-order chi connectivity index (χ1) is 8.26. The molecular weight excluding hydrogens is 267 g/mol. The van der Waals surface area contributed by atoms with Gasteiger partial charge in [-0.15, -0.1) is 0 Å². The van der Waals surface area contributed by atoms with E-state index in [0.717, 1.165) is 0 Å². The SMILES string of the molecule is CCc1c(Cl)ncnc1N(CC(F)(F)F)C(C)C. The van der Waals surface area contributed by atoms with E-state index < -0.39 is 12.7 Å². The number of aromatic nitrogens is 2. The monoisotopic (exact) mass is 281 g/mol. The third kappa shape index (κ3) is 3.73. The Hall–Kier alpha value is -1.04. The predicted octanol–water partition coefficient (Wildman–Crippen LogP) is 3.47. The molecule has 0 aromatic carbocycles. The second-order valence-corrected chi connectivity index (χ2v) is 4.52. The van der Waals surface area contributed by atoms with E-state index in [0.29, 0.717) is 12.0 Å². The molecule has 0 bridgehead atoms. The largest absolute Gasteiger partial charge is 0.405 e. The van der Waals surface area contributed by atoms with E-state index in [1.807, 2.05) is 0 Å². The number of hydrogen-bond donors (Lipinski definition) is 0. The molecule has 0 unspecified atom stereocenters. The van der Waals surface area contributed by atoms with Crippen LogP contribution in [0.25, 0.3) is 0 Å². The van der Waals surface area contributed by atoms with Crippen molar-refractivity contribution < 1.29 is 13.2 Å². The average Bonchev–Trinajstić information content (AvgIpc) is 2.24. The number of anilines is 1. The Kier molecular flexibility index (Phi) is 4.78. The standard InChI is InChI=1S/C11H15ClF3N3/c1-4-8-9(12)16-6-17-10(8)18(7(2)3)5-11(13,14)15/h6-7H,4-5H2,1-3H3. The van der Waals surface area contributed by atoms with Gasteiger partial charge in [0.05, 0.1) is 0 Å². The van der Waals surface area contributed by atoms with Crippen LogP contribution in [0.4, 0.5) is 19.0 Å². The van der Waals surface area contributed by atoms with Crippen molar-refractivity contribution in [2.24, 2.45) is 0 Å². The molecule has 0 N–H and O–H groups in total. The normalized spacial score (nSPS) is 12.0. The van der Waals surface area contributed by atoms with Crippen molar-refractivity contribution in [1.82, 2.24) is 9.97 Å². The number of nitrogens with zero attached hydrogens (tertiary/aromatic N) is 3. The first kappa shape index (κ1) is 15.0. The summed E-state index contributed by atoms with van der Waals surface area (Å²) in [7, 11) is 0. The van der Waals surface area contributed by atoms with Crippen LogP contribution in [-0.2, 0) is 6.42 Å². The molecule has 1 heterocycles. The fourth-order valence-corrected chi connectivity index (χ4v) is 1.89. The second-order valence-electron chi connectivity index (χ2n) is 4.16. The molecule has 1 rings (SSSR count). The second kappa shape index (κ2) is 5.73. The molecule has 18 heavy (non-hydrogen) atoms. The topological polar surface area (TPSA) is 29.0 Å². The maximum absolute atomic E-state index is 12.6. The van der Waals surface area contributed by atoms with Crippen LogP contribution in [0.3, 0.4) is 0 Å². The lowest BCUT2D eigenvalue weighted by Crippen LogP contribution is -2.40. The van der Waals surface area contributed by atoms with Crippen LogP contribution in [0.1, 0.15) is 26.3 Å². The Morgan fingerprint density at radius 1 is 1.33 bits per heavy atom. The van der Waals surface area contributed by atoms with Crippen LogP contribution in [-0.4, -0.2) is 28.7 Å². The van der Waals surface area contributed by atoms with Crippen molar-refractivity contribution >= 4 is 17.4 Å². The maximum atomic E-state index is 12.6. The summed E-state index contributed by atoms with van der Waals surface area (Å²) >= 11 is 5.89. The van der Waals surface area contributed by atoms with Gasteiger partial charge in [0.2, 0.25) is 0 Å². The van der Waals surface area contributed by atoms with Crippen molar-refractivity contribution in [2.45, 2.75) is 39.4 Å². The van der Waals surface area contributed by atoms with Crippen molar-refractivity contribution in [2.75, 3.05) is 11.4 Å². The van der Waals surface area contributed by atoms with E-state index in [2.05, 4.69) is 9.97 Å². The Balaban J connectivity index is 3.18. The third-order valence-corrected chi connectivity index (χ3v) is 2.79. The maximum Gasteiger partial charge on any atom is 0.405 e. The minimum atomic E-state index is -4.29. The molecule has 0 fully saturated rings. The summed E-state index contributed by atoms with van der Waals surface area (Å²) in [5.74, 6) is 0.254. The summed E-state index contributed by atoms with van der Waals surface area (Å²) in [5.41, 5.74) is 0.539. The Morgan fingerprint density at radius 3 is 2.39 bits per heavy atom. The summed E-state index contributed by atoms with van der Waals surface area (Å²) in [6.45, 7) is 4.12. The van der Waals surface area contributed by atoms with Gasteiger partial charge in [0, 0.05) is 11.6 Å². The van der Waals surface area contributed by atoms with Crippen LogP contribution in [0.5, 0.6) is 0 Å². The van der Waals surface area contributed by atoms with Gasteiger partial charge in [0.25, 0.3) is 0 Å². The van der Waals surface area contributed by atoms with Crippen molar-refractivity contribution in [3.05, 3.63) is 17.0 Å². The van der Waals surface area contributed by atoms with Crippen LogP contribution in [0.2, 0.25) is 5.15 Å². The highest BCUT2D eigenvalue weighted by Gasteiger charge is 2.33. The third-order valence-electron chi connectivity index (χ3n) is 2.47. The summed E-state index contributed by atoms with van der Waals surface area (Å²) in [6.07, 6.45) is -2.62. The number of alkyl halides is 3. The zero-order valence-corrected chi connectivity index (χ0v) is 11.2. The molecule has 0 aliphatic heterocycles. The molecule has 0 atom stereocenters. The molecule has 0 aliphatic rings. The predicted molar refractivity (Wildman–Crippen MR) is 65.0 cm³/mol. The first-order valence-electron chi connectivity index (χ1n) is 5.59. The van der Waals surface area contributed by atoms with Gasteiger partial charge in [-0.05, 0) is 20.3 Å². The van der Waals surface area contributed by atoms with Crippen LogP contribution in [0.15, 0.2) is 6.33 Å². The van der Waals surface area contributed by atoms with Crippen molar-refractivity contribution in [3.8, 4) is 0 Å². The lowest BCUT2D eigenvalue weighted by molar-refractivity contribution is -0.120. The minimum Gasteiger partial charge on any atom is -0.345 e. The van der Waals surface area contributed by atoms with Crippen molar-refractivity contribution in [3.63, 3.8) is 0 Å². The minimum absolute atomic E-state index is 0.204. The molecule has 0 spiro atoms. The fraction of sp³-hybridized carbons (Fsp3) is 0.636. The molecule has 0 radical (unpaired) electrons. The molecule has 7 heteroatoms. The smallest absolute Gasteiger partial charge is 0.345 e. The first-order valence-corrected chi connectivity index (χ1v) is 5.96. The van der Waals surface area contributed by atoms with E-state index >= 15 is 0 Å². The molecule has 0 amide bonds. The molecule has 0 aliphatic carbocycles. The van der Waals surface area contributed by atoms with Gasteiger partial charge < -0.3 is 4.90 Å². The van der Waals surface area contributed by atoms with E-state index in [-0.39, 0.29) is 17.0 Å². The van der Waals surface area contributed by atoms with Gasteiger partial charge in [0.1, 0.15) is 23.8 Å². The van der Waals surface area contributed by atoms with Gasteiger partial charge >= 0.3 is 6.18 Å². The van der Waals surface area contributed by atoms with Crippen LogP contribution in [0, 0.1) is 0 Å². The lowest BCUT2D eigenvalue weighted by atomic mass is 10.2. The molecule has 0 saturated heterocycles. The summed E-state index contributed by atoms with van der Waals surface area (Å²) in [5, 5.41) is 0.204. The number of rotatable bonds is 4. The highest BCUT2D eigenvalue weighted by Crippen LogP contribution is 2.28. The number of halogens is 4.